The third-order valence-corrected chi connectivity index (χ3v) is 8.81. The molecule has 34 heavy (non-hydrogen) atoms. The summed E-state index contributed by atoms with van der Waals surface area (Å²) in [5.41, 5.74) is 2.15. The maximum Gasteiger partial charge on any atom is 0.322 e. The summed E-state index contributed by atoms with van der Waals surface area (Å²) in [6, 6.07) is 14.0. The third kappa shape index (κ3) is 4.61. The van der Waals surface area contributed by atoms with E-state index in [0.717, 1.165) is 21.2 Å². The van der Waals surface area contributed by atoms with Crippen molar-refractivity contribution >= 4 is 49.3 Å². The number of carbonyl (C=O) groups is 1. The fraction of sp³-hybridized carbons (Fsp3) is 0.320. The van der Waals surface area contributed by atoms with E-state index in [1.54, 1.807) is 31.3 Å². The molecule has 0 spiro atoms. The Hall–Kier alpha value is -2.72. The Balaban J connectivity index is 1.71. The second kappa shape index (κ2) is 9.14. The van der Waals surface area contributed by atoms with E-state index < -0.39 is 28.0 Å². The van der Waals surface area contributed by atoms with Gasteiger partial charge in [-0.2, -0.15) is 4.72 Å². The molecule has 2 heterocycles. The van der Waals surface area contributed by atoms with Crippen LogP contribution >= 0.6 is 11.3 Å². The lowest BCUT2D eigenvalue weighted by molar-refractivity contribution is -0.140. The molecule has 0 aliphatic carbocycles. The minimum absolute atomic E-state index is 0.0354. The molecule has 0 radical (unpaired) electrons. The summed E-state index contributed by atoms with van der Waals surface area (Å²) in [6.45, 7) is 5.47. The highest BCUT2D eigenvalue weighted by Gasteiger charge is 2.28. The number of benzene rings is 2. The molecule has 180 valence electrons. The summed E-state index contributed by atoms with van der Waals surface area (Å²) in [6.07, 6.45) is 0. The molecular formula is C25H28N2O5S2. The van der Waals surface area contributed by atoms with Gasteiger partial charge in [0.05, 0.1) is 4.90 Å². The second-order valence-corrected chi connectivity index (χ2v) is 11.8. The Labute approximate surface area is 203 Å². The van der Waals surface area contributed by atoms with Gasteiger partial charge in [0.25, 0.3) is 0 Å². The fourth-order valence-corrected chi connectivity index (χ4v) is 6.28. The topological polar surface area (TPSA) is 99.9 Å². The summed E-state index contributed by atoms with van der Waals surface area (Å²) in [5, 5.41) is 11.0. The molecule has 0 amide bonds. The predicted octanol–water partition coefficient (Wildman–Crippen LogP) is 5.32. The zero-order valence-electron chi connectivity index (χ0n) is 19.7. The Kier molecular flexibility index (Phi) is 6.56. The fourth-order valence-electron chi connectivity index (χ4n) is 3.77. The van der Waals surface area contributed by atoms with Crippen molar-refractivity contribution in [3.05, 3.63) is 53.4 Å². The number of hydrogen-bond acceptors (Lipinski definition) is 6. The molecule has 2 aromatic heterocycles. The number of aliphatic carboxylic acids is 1. The van der Waals surface area contributed by atoms with Crippen LogP contribution in [0.25, 0.3) is 32.4 Å². The van der Waals surface area contributed by atoms with Gasteiger partial charge in [0.15, 0.2) is 0 Å². The van der Waals surface area contributed by atoms with E-state index in [4.69, 9.17) is 4.42 Å². The Morgan fingerprint density at radius 2 is 1.74 bits per heavy atom. The summed E-state index contributed by atoms with van der Waals surface area (Å²) < 4.78 is 33.9. The van der Waals surface area contributed by atoms with E-state index >= 15 is 0 Å². The Morgan fingerprint density at radius 1 is 1.00 bits per heavy atom. The van der Waals surface area contributed by atoms with Gasteiger partial charge in [0.1, 0.15) is 17.2 Å². The third-order valence-electron chi connectivity index (χ3n) is 6.07. The Morgan fingerprint density at radius 3 is 2.38 bits per heavy atom. The number of sulfonamides is 1. The van der Waals surface area contributed by atoms with Crippen LogP contribution in [-0.4, -0.2) is 44.5 Å². The van der Waals surface area contributed by atoms with E-state index in [0.29, 0.717) is 17.2 Å². The highest BCUT2D eigenvalue weighted by atomic mass is 32.2. The molecule has 0 bridgehead atoms. The minimum atomic E-state index is -4.04. The van der Waals surface area contributed by atoms with Crippen LogP contribution < -0.4 is 4.72 Å². The molecule has 7 nitrogen and oxygen atoms in total. The van der Waals surface area contributed by atoms with Crippen LogP contribution in [0.2, 0.25) is 0 Å². The smallest absolute Gasteiger partial charge is 0.322 e. The maximum atomic E-state index is 12.8. The SMILES string of the molecule is CC(C)[C@H](NS(=O)(=O)c1ccc2c(c1)oc1ccc(-c3ccc(C(C)N(C)C)s3)cc12)C(=O)O. The zero-order valence-corrected chi connectivity index (χ0v) is 21.3. The molecule has 2 N–H and O–H groups in total. The van der Waals surface area contributed by atoms with Crippen molar-refractivity contribution in [2.75, 3.05) is 14.1 Å². The monoisotopic (exact) mass is 500 g/mol. The first-order valence-corrected chi connectivity index (χ1v) is 13.3. The lowest BCUT2D eigenvalue weighted by Crippen LogP contribution is -2.44. The van der Waals surface area contributed by atoms with E-state index in [1.807, 2.05) is 12.1 Å². The summed E-state index contributed by atoms with van der Waals surface area (Å²) in [4.78, 5) is 16.0. The highest BCUT2D eigenvalue weighted by Crippen LogP contribution is 2.37. The molecule has 0 saturated carbocycles. The number of fused-ring (bicyclic) bond motifs is 3. The summed E-state index contributed by atoms with van der Waals surface area (Å²) in [5.74, 6) is -1.62. The van der Waals surface area contributed by atoms with Crippen LogP contribution in [0.15, 0.2) is 57.8 Å². The van der Waals surface area contributed by atoms with E-state index in [2.05, 4.69) is 48.8 Å². The molecule has 2 atom stereocenters. The van der Waals surface area contributed by atoms with Crippen LogP contribution in [-0.2, 0) is 14.8 Å². The average molecular weight is 501 g/mol. The van der Waals surface area contributed by atoms with Crippen molar-refractivity contribution in [2.45, 2.75) is 37.8 Å². The van der Waals surface area contributed by atoms with Gasteiger partial charge < -0.3 is 14.4 Å². The number of carboxylic acid groups (broad SMARTS) is 1. The highest BCUT2D eigenvalue weighted by molar-refractivity contribution is 7.89. The van der Waals surface area contributed by atoms with Crippen LogP contribution in [0.5, 0.6) is 0 Å². The standard InChI is InChI=1S/C25H28N2O5S2/c1-14(2)24(25(28)29)26-34(30,31)17-7-8-18-19-12-16(6-9-20(19)32-21(18)13-17)23-11-10-22(33-23)15(3)27(4)5/h6-15,24,26H,1-5H3,(H,28,29)/t15?,24-/m0/s1. The summed E-state index contributed by atoms with van der Waals surface area (Å²) in [7, 11) is 0.0805. The van der Waals surface area contributed by atoms with Gasteiger partial charge in [-0.25, -0.2) is 8.42 Å². The van der Waals surface area contributed by atoms with Crippen molar-refractivity contribution < 1.29 is 22.7 Å². The van der Waals surface area contributed by atoms with Gasteiger partial charge in [0.2, 0.25) is 10.0 Å². The van der Waals surface area contributed by atoms with Crippen molar-refractivity contribution in [1.82, 2.24) is 9.62 Å². The molecule has 0 saturated heterocycles. The number of thiophene rings is 1. The summed E-state index contributed by atoms with van der Waals surface area (Å²) >= 11 is 1.75. The molecule has 0 aliphatic rings. The van der Waals surface area contributed by atoms with Crippen LogP contribution in [0, 0.1) is 5.92 Å². The molecule has 1 unspecified atom stereocenters. The normalized spacial score (nSPS) is 14.3. The average Bonchev–Trinajstić information content (AvgIpc) is 3.40. The maximum absolute atomic E-state index is 12.8. The first kappa shape index (κ1) is 24.4. The van der Waals surface area contributed by atoms with Gasteiger partial charge in [-0.15, -0.1) is 11.3 Å². The molecule has 4 aromatic rings. The number of carboxylic acids is 1. The van der Waals surface area contributed by atoms with Crippen molar-refractivity contribution in [2.24, 2.45) is 5.92 Å². The lowest BCUT2D eigenvalue weighted by atomic mass is 10.1. The molecule has 0 fully saturated rings. The van der Waals surface area contributed by atoms with Gasteiger partial charge in [-0.1, -0.05) is 13.8 Å². The lowest BCUT2D eigenvalue weighted by Gasteiger charge is -2.17. The molecular weight excluding hydrogens is 472 g/mol. The number of furan rings is 1. The first-order valence-electron chi connectivity index (χ1n) is 11.0. The van der Waals surface area contributed by atoms with Gasteiger partial charge >= 0.3 is 5.97 Å². The Bertz CT molecular complexity index is 1470. The number of nitrogens with one attached hydrogen (secondary N) is 1. The molecule has 2 aromatic carbocycles. The van der Waals surface area contributed by atoms with E-state index in [1.165, 1.54) is 17.0 Å². The molecule has 0 aliphatic heterocycles. The van der Waals surface area contributed by atoms with Gasteiger partial charge in [-0.3, -0.25) is 4.79 Å². The zero-order chi connectivity index (χ0) is 24.8. The molecule has 9 heteroatoms. The van der Waals surface area contributed by atoms with Gasteiger partial charge in [0, 0.05) is 32.6 Å². The number of rotatable bonds is 8. The molecule has 4 rings (SSSR count). The number of nitrogens with zero attached hydrogens (tertiary/aromatic N) is 1. The van der Waals surface area contributed by atoms with E-state index in [-0.39, 0.29) is 4.90 Å². The first-order chi connectivity index (χ1) is 16.0. The van der Waals surface area contributed by atoms with Crippen LogP contribution in [0.3, 0.4) is 0 Å². The van der Waals surface area contributed by atoms with Crippen molar-refractivity contribution in [3.63, 3.8) is 0 Å². The van der Waals surface area contributed by atoms with Gasteiger partial charge in [-0.05, 0) is 75.0 Å². The minimum Gasteiger partial charge on any atom is -0.480 e. The van der Waals surface area contributed by atoms with E-state index in [9.17, 15) is 18.3 Å². The predicted molar refractivity (Wildman–Crippen MR) is 136 cm³/mol. The quantitative estimate of drug-likeness (QED) is 0.339. The number of hydrogen-bond donors (Lipinski definition) is 2. The van der Waals surface area contributed by atoms with Crippen LogP contribution in [0.1, 0.15) is 31.7 Å². The largest absolute Gasteiger partial charge is 0.480 e. The van der Waals surface area contributed by atoms with Crippen molar-refractivity contribution in [1.29, 1.82) is 0 Å². The van der Waals surface area contributed by atoms with Crippen molar-refractivity contribution in [3.8, 4) is 10.4 Å². The second-order valence-electron chi connectivity index (χ2n) is 8.99. The van der Waals surface area contributed by atoms with Crippen LogP contribution in [0.4, 0.5) is 0 Å².